The Morgan fingerprint density at radius 3 is 2.73 bits per heavy atom. The Morgan fingerprint density at radius 2 is 1.92 bits per heavy atom. The van der Waals surface area contributed by atoms with Crippen molar-refractivity contribution in [2.75, 3.05) is 17.7 Å². The fraction of sp³-hybridized carbons (Fsp3) is 0.158. The first kappa shape index (κ1) is 16.0. The number of aryl methyl sites for hydroxylation is 2. The molecule has 3 aromatic heterocycles. The zero-order chi connectivity index (χ0) is 18.1. The van der Waals surface area contributed by atoms with Crippen LogP contribution in [0.4, 0.5) is 17.5 Å². The fourth-order valence-corrected chi connectivity index (χ4v) is 2.81. The molecule has 0 aliphatic rings. The summed E-state index contributed by atoms with van der Waals surface area (Å²) in [7, 11) is 1.84. The molecule has 1 aromatic carbocycles. The van der Waals surface area contributed by atoms with Crippen LogP contribution in [0, 0.1) is 13.8 Å². The number of hydrogen-bond acceptors (Lipinski definition) is 6. The van der Waals surface area contributed by atoms with Gasteiger partial charge in [-0.2, -0.15) is 10.1 Å². The highest BCUT2D eigenvalue weighted by Crippen LogP contribution is 2.23. The van der Waals surface area contributed by atoms with Gasteiger partial charge in [0.2, 0.25) is 5.95 Å². The summed E-state index contributed by atoms with van der Waals surface area (Å²) in [4.78, 5) is 13.0. The number of pyridine rings is 1. The molecule has 0 saturated heterocycles. The van der Waals surface area contributed by atoms with Crippen molar-refractivity contribution in [2.24, 2.45) is 0 Å². The van der Waals surface area contributed by atoms with E-state index < -0.39 is 0 Å². The van der Waals surface area contributed by atoms with Crippen molar-refractivity contribution in [3.63, 3.8) is 0 Å². The average molecular weight is 345 g/mol. The van der Waals surface area contributed by atoms with Crippen LogP contribution in [0.25, 0.3) is 16.6 Å². The van der Waals surface area contributed by atoms with Gasteiger partial charge in [-0.05, 0) is 37.6 Å². The fourth-order valence-electron chi connectivity index (χ4n) is 2.81. The van der Waals surface area contributed by atoms with Crippen molar-refractivity contribution in [2.45, 2.75) is 13.8 Å². The quantitative estimate of drug-likeness (QED) is 0.588. The van der Waals surface area contributed by atoms with E-state index in [0.717, 1.165) is 39.4 Å². The van der Waals surface area contributed by atoms with Crippen molar-refractivity contribution in [1.29, 1.82) is 0 Å². The lowest BCUT2D eigenvalue weighted by atomic mass is 10.2. The number of anilines is 3. The molecule has 0 fully saturated rings. The molecule has 2 N–H and O–H groups in total. The number of nitrogens with zero attached hydrogens (tertiary/aromatic N) is 5. The Balaban J connectivity index is 1.71. The average Bonchev–Trinajstić information content (AvgIpc) is 3.06. The van der Waals surface area contributed by atoms with Crippen molar-refractivity contribution in [1.82, 2.24) is 24.7 Å². The summed E-state index contributed by atoms with van der Waals surface area (Å²) in [5, 5.41) is 12.0. The van der Waals surface area contributed by atoms with Crippen molar-refractivity contribution in [3.05, 3.63) is 60.2 Å². The largest absolute Gasteiger partial charge is 0.373 e. The molecule has 0 amide bonds. The molecule has 0 aliphatic carbocycles. The maximum absolute atomic E-state index is 4.64. The minimum atomic E-state index is 0.555. The predicted molar refractivity (Wildman–Crippen MR) is 103 cm³/mol. The van der Waals surface area contributed by atoms with Crippen LogP contribution < -0.4 is 10.6 Å². The van der Waals surface area contributed by atoms with Gasteiger partial charge in [-0.15, -0.1) is 0 Å². The zero-order valence-electron chi connectivity index (χ0n) is 14.9. The topological polar surface area (TPSA) is 80.5 Å². The Hall–Kier alpha value is -3.48. The highest BCUT2D eigenvalue weighted by Gasteiger charge is 2.08. The molecule has 7 heteroatoms. The number of fused-ring (bicyclic) bond motifs is 1. The summed E-state index contributed by atoms with van der Waals surface area (Å²) in [6.07, 6.45) is 5.55. The van der Waals surface area contributed by atoms with Gasteiger partial charge in [-0.1, -0.05) is 6.07 Å². The predicted octanol–water partition coefficient (Wildman–Crippen LogP) is 3.61. The van der Waals surface area contributed by atoms with Gasteiger partial charge in [0.05, 0.1) is 11.2 Å². The summed E-state index contributed by atoms with van der Waals surface area (Å²) in [6, 6.07) is 9.91. The Kier molecular flexibility index (Phi) is 3.96. The van der Waals surface area contributed by atoms with E-state index in [0.29, 0.717) is 5.95 Å². The minimum Gasteiger partial charge on any atom is -0.373 e. The van der Waals surface area contributed by atoms with Crippen LogP contribution in [0.15, 0.2) is 48.9 Å². The monoisotopic (exact) mass is 345 g/mol. The number of nitrogens with one attached hydrogen (secondary N) is 2. The zero-order valence-corrected chi connectivity index (χ0v) is 14.9. The second-order valence-corrected chi connectivity index (χ2v) is 6.10. The first-order valence-electron chi connectivity index (χ1n) is 8.33. The lowest BCUT2D eigenvalue weighted by Crippen LogP contribution is -2.03. The first-order chi connectivity index (χ1) is 12.6. The van der Waals surface area contributed by atoms with Crippen molar-refractivity contribution >= 4 is 28.4 Å². The highest BCUT2D eigenvalue weighted by atomic mass is 15.3. The van der Waals surface area contributed by atoms with Crippen LogP contribution in [-0.4, -0.2) is 31.8 Å². The van der Waals surface area contributed by atoms with Crippen molar-refractivity contribution in [3.8, 4) is 5.69 Å². The number of rotatable bonds is 4. The Morgan fingerprint density at radius 1 is 1.04 bits per heavy atom. The standard InChI is InChI=1S/C19H19N7/c1-12-4-5-15(23-19-22-13(2)8-18(20-3)24-19)9-17(12)26-11-14-10-21-7-6-16(14)25-26/h4-11H,1-3H3,(H2,20,22,23,24). The van der Waals surface area contributed by atoms with Crippen LogP contribution >= 0.6 is 0 Å². The molecule has 0 unspecified atom stereocenters. The number of aromatic nitrogens is 5. The second-order valence-electron chi connectivity index (χ2n) is 6.10. The van der Waals surface area contributed by atoms with Gasteiger partial charge in [0.15, 0.2) is 0 Å². The van der Waals surface area contributed by atoms with Gasteiger partial charge in [0, 0.05) is 48.5 Å². The Bertz CT molecular complexity index is 1050. The summed E-state index contributed by atoms with van der Waals surface area (Å²) < 4.78 is 1.88. The van der Waals surface area contributed by atoms with Crippen LogP contribution in [-0.2, 0) is 0 Å². The maximum atomic E-state index is 4.64. The van der Waals surface area contributed by atoms with E-state index in [-0.39, 0.29) is 0 Å². The summed E-state index contributed by atoms with van der Waals surface area (Å²) in [5.41, 5.74) is 4.82. The van der Waals surface area contributed by atoms with E-state index in [1.54, 1.807) is 6.20 Å². The molecule has 0 atom stereocenters. The van der Waals surface area contributed by atoms with Gasteiger partial charge in [-0.25, -0.2) is 9.67 Å². The van der Waals surface area contributed by atoms with E-state index >= 15 is 0 Å². The highest BCUT2D eigenvalue weighted by molar-refractivity contribution is 5.77. The van der Waals surface area contributed by atoms with Crippen LogP contribution in [0.3, 0.4) is 0 Å². The molecule has 0 radical (unpaired) electrons. The van der Waals surface area contributed by atoms with Gasteiger partial charge < -0.3 is 10.6 Å². The third kappa shape index (κ3) is 3.06. The van der Waals surface area contributed by atoms with E-state index in [1.165, 1.54) is 0 Å². The van der Waals surface area contributed by atoms with E-state index in [4.69, 9.17) is 0 Å². The first-order valence-corrected chi connectivity index (χ1v) is 8.33. The number of hydrogen-bond donors (Lipinski definition) is 2. The molecule has 26 heavy (non-hydrogen) atoms. The maximum Gasteiger partial charge on any atom is 0.229 e. The molecule has 4 aromatic rings. The van der Waals surface area contributed by atoms with Crippen LogP contribution in [0.2, 0.25) is 0 Å². The normalized spacial score (nSPS) is 10.9. The van der Waals surface area contributed by atoms with Gasteiger partial charge in [0.1, 0.15) is 5.82 Å². The third-order valence-corrected chi connectivity index (χ3v) is 4.13. The molecule has 7 nitrogen and oxygen atoms in total. The minimum absolute atomic E-state index is 0.555. The van der Waals surface area contributed by atoms with Crippen LogP contribution in [0.1, 0.15) is 11.3 Å². The van der Waals surface area contributed by atoms with E-state index in [2.05, 4.69) is 43.7 Å². The van der Waals surface area contributed by atoms with Crippen LogP contribution in [0.5, 0.6) is 0 Å². The smallest absolute Gasteiger partial charge is 0.229 e. The molecule has 4 rings (SSSR count). The molecule has 0 aliphatic heterocycles. The summed E-state index contributed by atoms with van der Waals surface area (Å²) in [6.45, 7) is 4.00. The van der Waals surface area contributed by atoms with Gasteiger partial charge in [-0.3, -0.25) is 4.98 Å². The number of benzene rings is 1. The molecule has 0 spiro atoms. The van der Waals surface area contributed by atoms with Gasteiger partial charge >= 0.3 is 0 Å². The molecule has 3 heterocycles. The van der Waals surface area contributed by atoms with Gasteiger partial charge in [0.25, 0.3) is 0 Å². The van der Waals surface area contributed by atoms with Crippen molar-refractivity contribution < 1.29 is 0 Å². The van der Waals surface area contributed by atoms with E-state index in [9.17, 15) is 0 Å². The summed E-state index contributed by atoms with van der Waals surface area (Å²) in [5.74, 6) is 1.33. The lowest BCUT2D eigenvalue weighted by Gasteiger charge is -2.11. The molecular weight excluding hydrogens is 326 g/mol. The molecule has 0 bridgehead atoms. The lowest BCUT2D eigenvalue weighted by molar-refractivity contribution is 0.888. The molecule has 130 valence electrons. The summed E-state index contributed by atoms with van der Waals surface area (Å²) >= 11 is 0. The second kappa shape index (κ2) is 6.44. The Labute approximate surface area is 151 Å². The molecular formula is C19H19N7. The SMILES string of the molecule is CNc1cc(C)nc(Nc2ccc(C)c(-n3cc4cnccc4n3)c2)n1. The molecule has 0 saturated carbocycles. The third-order valence-electron chi connectivity index (χ3n) is 4.13. The van der Waals surface area contributed by atoms with E-state index in [1.807, 2.05) is 55.3 Å².